The van der Waals surface area contributed by atoms with Gasteiger partial charge in [-0.25, -0.2) is 0 Å². The van der Waals surface area contributed by atoms with Gasteiger partial charge in [-0.15, -0.1) is 0 Å². The van der Waals surface area contributed by atoms with E-state index in [-0.39, 0.29) is 12.1 Å². The lowest BCUT2D eigenvalue weighted by Gasteiger charge is -2.14. The average molecular weight is 305 g/mol. The van der Waals surface area contributed by atoms with E-state index in [1.165, 1.54) is 12.1 Å². The van der Waals surface area contributed by atoms with Gasteiger partial charge in [0.05, 0.1) is 18.3 Å². The van der Waals surface area contributed by atoms with Crippen LogP contribution >= 0.6 is 0 Å². The second-order valence-electron chi connectivity index (χ2n) is 4.81. The van der Waals surface area contributed by atoms with E-state index in [4.69, 9.17) is 4.74 Å². The number of unbranched alkanes of at least 4 members (excludes halogenated alkanes) is 1. The van der Waals surface area contributed by atoms with E-state index in [9.17, 15) is 18.3 Å². The van der Waals surface area contributed by atoms with E-state index >= 15 is 0 Å². The molecule has 0 aliphatic carbocycles. The molecular formula is C15H22F3NO2. The van der Waals surface area contributed by atoms with Crippen molar-refractivity contribution >= 4 is 0 Å². The smallest absolute Gasteiger partial charge is 0.387 e. The molecule has 1 aromatic carbocycles. The maximum absolute atomic E-state index is 12.6. The molecule has 0 saturated carbocycles. The lowest BCUT2D eigenvalue weighted by atomic mass is 10.1. The van der Waals surface area contributed by atoms with Crippen molar-refractivity contribution in [2.75, 3.05) is 26.3 Å². The van der Waals surface area contributed by atoms with Crippen LogP contribution in [0.2, 0.25) is 0 Å². The van der Waals surface area contributed by atoms with Crippen LogP contribution in [0.4, 0.5) is 13.2 Å². The first-order valence-electron chi connectivity index (χ1n) is 7.09. The Morgan fingerprint density at radius 2 is 2.05 bits per heavy atom. The first-order valence-corrected chi connectivity index (χ1v) is 7.09. The normalized spacial score (nSPS) is 13.4. The Kier molecular flexibility index (Phi) is 7.71. The number of alkyl halides is 3. The summed E-state index contributed by atoms with van der Waals surface area (Å²) >= 11 is 0. The van der Waals surface area contributed by atoms with Crippen LogP contribution in [0.3, 0.4) is 0 Å². The first kappa shape index (κ1) is 17.9. The molecular weight excluding hydrogens is 283 g/mol. The highest BCUT2D eigenvalue weighted by Crippen LogP contribution is 2.30. The number of ether oxygens (including phenoxy) is 1. The fourth-order valence-corrected chi connectivity index (χ4v) is 1.77. The van der Waals surface area contributed by atoms with Crippen LogP contribution in [0.25, 0.3) is 0 Å². The molecule has 21 heavy (non-hydrogen) atoms. The minimum absolute atomic E-state index is 0.193. The van der Waals surface area contributed by atoms with Crippen molar-refractivity contribution in [3.8, 4) is 0 Å². The van der Waals surface area contributed by atoms with Crippen LogP contribution in [0, 0.1) is 0 Å². The lowest BCUT2D eigenvalue weighted by molar-refractivity contribution is -0.137. The van der Waals surface area contributed by atoms with E-state index in [0.29, 0.717) is 19.8 Å². The molecule has 0 amide bonds. The zero-order valence-corrected chi connectivity index (χ0v) is 12.1. The molecule has 1 unspecified atom stereocenters. The molecule has 0 saturated heterocycles. The minimum Gasteiger partial charge on any atom is -0.387 e. The van der Waals surface area contributed by atoms with Crippen molar-refractivity contribution in [1.29, 1.82) is 0 Å². The molecule has 0 aromatic heterocycles. The number of hydrogen-bond donors (Lipinski definition) is 2. The summed E-state index contributed by atoms with van der Waals surface area (Å²) in [6.45, 7) is 4.05. The Morgan fingerprint density at radius 1 is 1.29 bits per heavy atom. The molecule has 0 fully saturated rings. The van der Waals surface area contributed by atoms with Crippen LogP contribution in [-0.2, 0) is 10.9 Å². The van der Waals surface area contributed by atoms with Crippen LogP contribution in [-0.4, -0.2) is 31.4 Å². The van der Waals surface area contributed by atoms with E-state index in [2.05, 4.69) is 12.2 Å². The quantitative estimate of drug-likeness (QED) is 0.689. The maximum atomic E-state index is 12.6. The maximum Gasteiger partial charge on any atom is 0.416 e. The highest BCUT2D eigenvalue weighted by atomic mass is 19.4. The Bertz CT molecular complexity index is 410. The topological polar surface area (TPSA) is 41.5 Å². The minimum atomic E-state index is -4.39. The van der Waals surface area contributed by atoms with Crippen molar-refractivity contribution < 1.29 is 23.0 Å². The molecule has 1 atom stereocenters. The highest BCUT2D eigenvalue weighted by Gasteiger charge is 2.30. The Hall–Kier alpha value is -1.11. The Balaban J connectivity index is 2.34. The zero-order chi connectivity index (χ0) is 15.7. The number of benzene rings is 1. The Morgan fingerprint density at radius 3 is 2.71 bits per heavy atom. The highest BCUT2D eigenvalue weighted by molar-refractivity contribution is 5.27. The predicted molar refractivity (Wildman–Crippen MR) is 75.0 cm³/mol. The third-order valence-electron chi connectivity index (χ3n) is 3.00. The van der Waals surface area contributed by atoms with Crippen LogP contribution in [0.5, 0.6) is 0 Å². The van der Waals surface area contributed by atoms with Gasteiger partial charge in [-0.1, -0.05) is 25.5 Å². The van der Waals surface area contributed by atoms with Gasteiger partial charge in [-0.05, 0) is 24.1 Å². The third-order valence-corrected chi connectivity index (χ3v) is 3.00. The molecule has 3 nitrogen and oxygen atoms in total. The summed E-state index contributed by atoms with van der Waals surface area (Å²) in [4.78, 5) is 0. The second kappa shape index (κ2) is 9.02. The van der Waals surface area contributed by atoms with Gasteiger partial charge in [0.15, 0.2) is 0 Å². The molecule has 0 aliphatic rings. The number of nitrogens with one attached hydrogen (secondary N) is 1. The summed E-state index contributed by atoms with van der Waals surface area (Å²) in [6, 6.07) is 4.75. The molecule has 1 aromatic rings. The van der Waals surface area contributed by atoms with E-state index in [1.54, 1.807) is 0 Å². The monoisotopic (exact) mass is 305 g/mol. The summed E-state index contributed by atoms with van der Waals surface area (Å²) in [5.41, 5.74) is -0.494. The first-order chi connectivity index (χ1) is 9.95. The molecule has 120 valence electrons. The van der Waals surface area contributed by atoms with Crippen LogP contribution in [0.1, 0.15) is 37.0 Å². The van der Waals surface area contributed by atoms with Gasteiger partial charge in [-0.3, -0.25) is 0 Å². The van der Waals surface area contributed by atoms with Crippen molar-refractivity contribution in [2.45, 2.75) is 32.0 Å². The Labute approximate surface area is 123 Å². The van der Waals surface area contributed by atoms with Gasteiger partial charge >= 0.3 is 6.18 Å². The van der Waals surface area contributed by atoms with Gasteiger partial charge in [0, 0.05) is 19.7 Å². The third kappa shape index (κ3) is 6.93. The van der Waals surface area contributed by atoms with Gasteiger partial charge in [-0.2, -0.15) is 13.2 Å². The fraction of sp³-hybridized carbons (Fsp3) is 0.600. The number of aliphatic hydroxyl groups excluding tert-OH is 1. The van der Waals surface area contributed by atoms with Crippen LogP contribution < -0.4 is 5.32 Å². The van der Waals surface area contributed by atoms with Crippen LogP contribution in [0.15, 0.2) is 24.3 Å². The predicted octanol–water partition coefficient (Wildman–Crippen LogP) is 3.15. The number of rotatable bonds is 9. The molecule has 2 N–H and O–H groups in total. The molecule has 0 spiro atoms. The van der Waals surface area contributed by atoms with Crippen molar-refractivity contribution in [3.05, 3.63) is 35.4 Å². The summed E-state index contributed by atoms with van der Waals surface area (Å²) in [5, 5.41) is 12.8. The van der Waals surface area contributed by atoms with Crippen molar-refractivity contribution in [3.63, 3.8) is 0 Å². The summed E-state index contributed by atoms with van der Waals surface area (Å²) in [7, 11) is 0. The summed E-state index contributed by atoms with van der Waals surface area (Å²) < 4.78 is 43.0. The number of hydrogen-bond acceptors (Lipinski definition) is 3. The lowest BCUT2D eigenvalue weighted by Crippen LogP contribution is -2.25. The van der Waals surface area contributed by atoms with Crippen molar-refractivity contribution in [1.82, 2.24) is 5.32 Å². The number of aliphatic hydroxyl groups is 1. The largest absolute Gasteiger partial charge is 0.416 e. The zero-order valence-electron chi connectivity index (χ0n) is 12.1. The molecule has 0 bridgehead atoms. The molecule has 1 rings (SSSR count). The van der Waals surface area contributed by atoms with E-state index in [0.717, 1.165) is 25.0 Å². The van der Waals surface area contributed by atoms with Gasteiger partial charge in [0.25, 0.3) is 0 Å². The van der Waals surface area contributed by atoms with E-state index < -0.39 is 17.8 Å². The average Bonchev–Trinajstić information content (AvgIpc) is 2.45. The molecule has 0 radical (unpaired) electrons. The number of halogens is 3. The molecule has 6 heteroatoms. The molecule has 0 aliphatic heterocycles. The molecule has 0 heterocycles. The van der Waals surface area contributed by atoms with Gasteiger partial charge in [0.2, 0.25) is 0 Å². The fourth-order valence-electron chi connectivity index (χ4n) is 1.77. The van der Waals surface area contributed by atoms with E-state index in [1.807, 2.05) is 0 Å². The van der Waals surface area contributed by atoms with Gasteiger partial charge in [0.1, 0.15) is 0 Å². The second-order valence-corrected chi connectivity index (χ2v) is 4.81. The van der Waals surface area contributed by atoms with Gasteiger partial charge < -0.3 is 15.2 Å². The standard InChI is InChI=1S/C15H22F3NO2/c1-2-3-8-21-9-7-19-11-14(20)12-5-4-6-13(10-12)15(16,17)18/h4-6,10,14,19-20H,2-3,7-9,11H2,1H3. The van der Waals surface area contributed by atoms with Crippen molar-refractivity contribution in [2.24, 2.45) is 0 Å². The summed E-state index contributed by atoms with van der Waals surface area (Å²) in [6.07, 6.45) is -3.28. The summed E-state index contributed by atoms with van der Waals surface area (Å²) in [5.74, 6) is 0. The SMILES string of the molecule is CCCCOCCNCC(O)c1cccc(C(F)(F)F)c1.